The van der Waals surface area contributed by atoms with Gasteiger partial charge in [-0.1, -0.05) is 13.8 Å². The Hall–Kier alpha value is -0.160. The third-order valence-electron chi connectivity index (χ3n) is 2.75. The van der Waals surface area contributed by atoms with Gasteiger partial charge in [0.05, 0.1) is 25.9 Å². The normalized spacial score (nSPS) is 22.6. The number of aliphatic hydroxyl groups excluding tert-OH is 1. The topological polar surface area (TPSA) is 41.9 Å². The molecule has 1 heterocycles. The minimum absolute atomic E-state index is 0.134. The molecule has 90 valence electrons. The fourth-order valence-electron chi connectivity index (χ4n) is 1.69. The number of rotatable bonds is 6. The predicted molar refractivity (Wildman–Crippen MR) is 58.7 cm³/mol. The van der Waals surface area contributed by atoms with Crippen molar-refractivity contribution in [3.8, 4) is 0 Å². The molecule has 0 aromatic heterocycles. The van der Waals surface area contributed by atoms with Crippen molar-refractivity contribution in [2.24, 2.45) is 0 Å². The average molecular weight is 217 g/mol. The highest BCUT2D eigenvalue weighted by Crippen LogP contribution is 2.09. The first-order valence-electron chi connectivity index (χ1n) is 5.89. The van der Waals surface area contributed by atoms with E-state index in [0.717, 1.165) is 39.1 Å². The molecule has 0 amide bonds. The van der Waals surface area contributed by atoms with E-state index in [1.165, 1.54) is 0 Å². The first kappa shape index (κ1) is 12.9. The standard InChI is InChI=1S/C11H23NO3/c1-3-10(13)9-15-11(4-2)12-5-7-14-8-6-12/h10-11,13H,3-9H2,1-2H3. The summed E-state index contributed by atoms with van der Waals surface area (Å²) in [6.07, 6.45) is 1.51. The molecule has 4 nitrogen and oxygen atoms in total. The summed E-state index contributed by atoms with van der Waals surface area (Å²) in [5, 5.41) is 9.43. The maximum absolute atomic E-state index is 9.43. The van der Waals surface area contributed by atoms with Gasteiger partial charge in [0.25, 0.3) is 0 Å². The average Bonchev–Trinajstić information content (AvgIpc) is 2.31. The van der Waals surface area contributed by atoms with Crippen molar-refractivity contribution in [1.82, 2.24) is 4.90 Å². The quantitative estimate of drug-likeness (QED) is 0.716. The second-order valence-electron chi connectivity index (χ2n) is 3.91. The summed E-state index contributed by atoms with van der Waals surface area (Å²) in [7, 11) is 0. The van der Waals surface area contributed by atoms with Gasteiger partial charge in [0.1, 0.15) is 6.23 Å². The van der Waals surface area contributed by atoms with E-state index in [1.54, 1.807) is 0 Å². The molecule has 0 aliphatic carbocycles. The third kappa shape index (κ3) is 4.47. The second kappa shape index (κ2) is 7.17. The van der Waals surface area contributed by atoms with Crippen molar-refractivity contribution < 1.29 is 14.6 Å². The molecule has 1 rings (SSSR count). The summed E-state index contributed by atoms with van der Waals surface area (Å²) in [6, 6.07) is 0. The molecular weight excluding hydrogens is 194 g/mol. The molecule has 2 atom stereocenters. The molecule has 0 aromatic rings. The molecule has 0 saturated carbocycles. The molecule has 0 spiro atoms. The summed E-state index contributed by atoms with van der Waals surface area (Å²) in [5.74, 6) is 0. The number of ether oxygens (including phenoxy) is 2. The molecule has 0 aromatic carbocycles. The first-order chi connectivity index (χ1) is 7.27. The van der Waals surface area contributed by atoms with Gasteiger partial charge < -0.3 is 14.6 Å². The molecule has 1 saturated heterocycles. The zero-order chi connectivity index (χ0) is 11.1. The fraction of sp³-hybridized carbons (Fsp3) is 1.00. The van der Waals surface area contributed by atoms with Crippen molar-refractivity contribution in [3.63, 3.8) is 0 Å². The van der Waals surface area contributed by atoms with Crippen LogP contribution in [0.25, 0.3) is 0 Å². The Balaban J connectivity index is 2.27. The summed E-state index contributed by atoms with van der Waals surface area (Å²) < 4.78 is 11.0. The lowest BCUT2D eigenvalue weighted by Crippen LogP contribution is -2.45. The predicted octanol–water partition coefficient (Wildman–Crippen LogP) is 0.842. The molecule has 1 aliphatic rings. The van der Waals surface area contributed by atoms with Gasteiger partial charge in [-0.15, -0.1) is 0 Å². The second-order valence-corrected chi connectivity index (χ2v) is 3.91. The van der Waals surface area contributed by atoms with Crippen molar-refractivity contribution in [1.29, 1.82) is 0 Å². The SMILES string of the molecule is CCC(O)COC(CC)N1CCOCC1. The zero-order valence-corrected chi connectivity index (χ0v) is 9.82. The van der Waals surface area contributed by atoms with Gasteiger partial charge in [-0.2, -0.15) is 0 Å². The number of hydrogen-bond acceptors (Lipinski definition) is 4. The fourth-order valence-corrected chi connectivity index (χ4v) is 1.69. The lowest BCUT2D eigenvalue weighted by Gasteiger charge is -2.34. The molecule has 0 bridgehead atoms. The maximum Gasteiger partial charge on any atom is 0.110 e. The molecule has 1 aliphatic heterocycles. The minimum Gasteiger partial charge on any atom is -0.391 e. The Morgan fingerprint density at radius 3 is 2.47 bits per heavy atom. The van der Waals surface area contributed by atoms with Gasteiger partial charge in [-0.05, 0) is 12.8 Å². The summed E-state index contributed by atoms with van der Waals surface area (Å²) in [4.78, 5) is 2.28. The van der Waals surface area contributed by atoms with E-state index in [1.807, 2.05) is 6.92 Å². The number of aliphatic hydroxyl groups is 1. The van der Waals surface area contributed by atoms with Crippen LogP contribution in [-0.2, 0) is 9.47 Å². The lowest BCUT2D eigenvalue weighted by molar-refractivity contribution is -0.115. The van der Waals surface area contributed by atoms with Crippen LogP contribution in [0.1, 0.15) is 26.7 Å². The number of morpholine rings is 1. The Kier molecular flexibility index (Phi) is 6.17. The lowest BCUT2D eigenvalue weighted by atomic mass is 10.3. The van der Waals surface area contributed by atoms with E-state index in [9.17, 15) is 5.11 Å². The Morgan fingerprint density at radius 2 is 1.93 bits per heavy atom. The number of nitrogens with zero attached hydrogens (tertiary/aromatic N) is 1. The van der Waals surface area contributed by atoms with Gasteiger partial charge in [0.2, 0.25) is 0 Å². The Labute approximate surface area is 92.2 Å². The zero-order valence-electron chi connectivity index (χ0n) is 9.82. The van der Waals surface area contributed by atoms with Gasteiger partial charge in [-0.25, -0.2) is 0 Å². The Bertz CT molecular complexity index is 160. The Morgan fingerprint density at radius 1 is 1.27 bits per heavy atom. The highest BCUT2D eigenvalue weighted by Gasteiger charge is 2.20. The summed E-state index contributed by atoms with van der Waals surface area (Å²) >= 11 is 0. The van der Waals surface area contributed by atoms with Crippen LogP contribution in [0.5, 0.6) is 0 Å². The molecule has 0 radical (unpaired) electrons. The van der Waals surface area contributed by atoms with E-state index >= 15 is 0 Å². The largest absolute Gasteiger partial charge is 0.391 e. The number of hydrogen-bond donors (Lipinski definition) is 1. The molecule has 1 N–H and O–H groups in total. The van der Waals surface area contributed by atoms with Crippen LogP contribution in [-0.4, -0.2) is 55.2 Å². The minimum atomic E-state index is -0.333. The van der Waals surface area contributed by atoms with Crippen LogP contribution in [0.4, 0.5) is 0 Å². The van der Waals surface area contributed by atoms with Crippen molar-refractivity contribution >= 4 is 0 Å². The molecule has 4 heteroatoms. The monoisotopic (exact) mass is 217 g/mol. The summed E-state index contributed by atoms with van der Waals surface area (Å²) in [6.45, 7) is 7.95. The maximum atomic E-state index is 9.43. The van der Waals surface area contributed by atoms with E-state index in [4.69, 9.17) is 9.47 Å². The first-order valence-corrected chi connectivity index (χ1v) is 5.89. The van der Waals surface area contributed by atoms with Crippen LogP contribution in [0.15, 0.2) is 0 Å². The van der Waals surface area contributed by atoms with E-state index < -0.39 is 0 Å². The van der Waals surface area contributed by atoms with E-state index in [-0.39, 0.29) is 12.3 Å². The highest BCUT2D eigenvalue weighted by atomic mass is 16.5. The smallest absolute Gasteiger partial charge is 0.110 e. The molecular formula is C11H23NO3. The van der Waals surface area contributed by atoms with Gasteiger partial charge in [0.15, 0.2) is 0 Å². The molecule has 1 fully saturated rings. The molecule has 15 heavy (non-hydrogen) atoms. The van der Waals surface area contributed by atoms with Crippen molar-refractivity contribution in [2.75, 3.05) is 32.9 Å². The van der Waals surface area contributed by atoms with Crippen LogP contribution in [0.2, 0.25) is 0 Å². The van der Waals surface area contributed by atoms with E-state index in [0.29, 0.717) is 6.61 Å². The highest BCUT2D eigenvalue weighted by molar-refractivity contribution is 4.66. The van der Waals surface area contributed by atoms with Gasteiger partial charge >= 0.3 is 0 Å². The summed E-state index contributed by atoms with van der Waals surface area (Å²) in [5.41, 5.74) is 0. The van der Waals surface area contributed by atoms with Crippen LogP contribution in [0, 0.1) is 0 Å². The molecule has 2 unspecified atom stereocenters. The van der Waals surface area contributed by atoms with Gasteiger partial charge in [0, 0.05) is 13.1 Å². The van der Waals surface area contributed by atoms with Gasteiger partial charge in [-0.3, -0.25) is 4.90 Å². The van der Waals surface area contributed by atoms with E-state index in [2.05, 4.69) is 11.8 Å². The van der Waals surface area contributed by atoms with Crippen LogP contribution >= 0.6 is 0 Å². The van der Waals surface area contributed by atoms with Crippen LogP contribution < -0.4 is 0 Å². The van der Waals surface area contributed by atoms with Crippen molar-refractivity contribution in [2.45, 2.75) is 39.0 Å². The third-order valence-corrected chi connectivity index (χ3v) is 2.75. The van der Waals surface area contributed by atoms with Crippen molar-refractivity contribution in [3.05, 3.63) is 0 Å². The van der Waals surface area contributed by atoms with Crippen LogP contribution in [0.3, 0.4) is 0 Å².